The molecule has 150 valence electrons. The standard InChI is InChI=1S/C19H17FN4O4S/c1-24(7-6-16(25)26)19-23-13-4-2-11(9-15(13)29-19)18(27)28-14-5-3-10(17(21)22)8-12(14)20/h2-5,8-9H,6-7H2,1H3,(H3,21,22)(H,25,26). The number of nitrogens with one attached hydrogen (secondary N) is 1. The number of carboxylic acid groups (broad SMARTS) is 1. The first-order valence-electron chi connectivity index (χ1n) is 8.44. The summed E-state index contributed by atoms with van der Waals surface area (Å²) in [5, 5.41) is 16.7. The quantitative estimate of drug-likeness (QED) is 0.234. The first kappa shape index (κ1) is 20.2. The molecule has 3 rings (SSSR count). The third-order valence-corrected chi connectivity index (χ3v) is 5.18. The van der Waals surface area contributed by atoms with Crippen LogP contribution < -0.4 is 15.4 Å². The second-order valence-electron chi connectivity index (χ2n) is 6.19. The SMILES string of the molecule is CN(CCC(=O)O)c1nc2ccc(C(=O)Oc3ccc(C(=N)N)cc3F)cc2s1. The van der Waals surface area contributed by atoms with Crippen LogP contribution in [0.1, 0.15) is 22.3 Å². The molecule has 0 saturated carbocycles. The maximum absolute atomic E-state index is 14.1. The van der Waals surface area contributed by atoms with E-state index < -0.39 is 17.8 Å². The highest BCUT2D eigenvalue weighted by Gasteiger charge is 2.16. The molecule has 0 radical (unpaired) electrons. The number of esters is 1. The second-order valence-corrected chi connectivity index (χ2v) is 7.20. The van der Waals surface area contributed by atoms with Gasteiger partial charge in [-0.25, -0.2) is 14.2 Å². The molecule has 29 heavy (non-hydrogen) atoms. The van der Waals surface area contributed by atoms with Gasteiger partial charge in [0.25, 0.3) is 0 Å². The minimum absolute atomic E-state index is 0.0159. The lowest BCUT2D eigenvalue weighted by Crippen LogP contribution is -2.20. The lowest BCUT2D eigenvalue weighted by atomic mass is 10.2. The van der Waals surface area contributed by atoms with Gasteiger partial charge in [-0.2, -0.15) is 0 Å². The number of hydrogen-bond acceptors (Lipinski definition) is 7. The second kappa shape index (κ2) is 8.23. The van der Waals surface area contributed by atoms with Crippen molar-refractivity contribution < 1.29 is 23.8 Å². The monoisotopic (exact) mass is 416 g/mol. The molecule has 1 aromatic heterocycles. The van der Waals surface area contributed by atoms with Crippen LogP contribution in [0.4, 0.5) is 9.52 Å². The molecule has 0 amide bonds. The maximum atomic E-state index is 14.1. The van der Waals surface area contributed by atoms with Crippen molar-refractivity contribution in [3.05, 3.63) is 53.3 Å². The largest absolute Gasteiger partial charge is 0.481 e. The summed E-state index contributed by atoms with van der Waals surface area (Å²) in [7, 11) is 1.74. The number of thiazole rings is 1. The van der Waals surface area contributed by atoms with Gasteiger partial charge in [0.2, 0.25) is 0 Å². The summed E-state index contributed by atoms with van der Waals surface area (Å²) < 4.78 is 19.9. The van der Waals surface area contributed by atoms with Gasteiger partial charge in [0, 0.05) is 19.2 Å². The van der Waals surface area contributed by atoms with E-state index in [1.54, 1.807) is 24.1 Å². The number of halogens is 1. The van der Waals surface area contributed by atoms with Crippen LogP contribution in [0, 0.1) is 11.2 Å². The number of benzene rings is 2. The van der Waals surface area contributed by atoms with Crippen LogP contribution in [0.25, 0.3) is 10.2 Å². The maximum Gasteiger partial charge on any atom is 0.343 e. The Morgan fingerprint density at radius 3 is 2.66 bits per heavy atom. The molecule has 0 atom stereocenters. The molecule has 2 aromatic carbocycles. The number of amidine groups is 1. The van der Waals surface area contributed by atoms with Gasteiger partial charge in [-0.05, 0) is 36.4 Å². The highest BCUT2D eigenvalue weighted by molar-refractivity contribution is 7.22. The van der Waals surface area contributed by atoms with Crippen molar-refractivity contribution in [1.82, 2.24) is 4.98 Å². The van der Waals surface area contributed by atoms with E-state index in [-0.39, 0.29) is 29.1 Å². The van der Waals surface area contributed by atoms with Gasteiger partial charge in [-0.15, -0.1) is 0 Å². The van der Waals surface area contributed by atoms with Crippen LogP contribution in [0.5, 0.6) is 5.75 Å². The Labute approximate surface area is 168 Å². The number of anilines is 1. The molecular formula is C19H17FN4O4S. The predicted octanol–water partition coefficient (Wildman–Crippen LogP) is 2.85. The van der Waals surface area contributed by atoms with E-state index in [1.807, 2.05) is 0 Å². The van der Waals surface area contributed by atoms with Crippen molar-refractivity contribution >= 4 is 44.5 Å². The average Bonchev–Trinajstić information content (AvgIpc) is 3.10. The van der Waals surface area contributed by atoms with Crippen molar-refractivity contribution in [2.45, 2.75) is 6.42 Å². The molecule has 8 nitrogen and oxygen atoms in total. The molecule has 0 saturated heterocycles. The van der Waals surface area contributed by atoms with Gasteiger partial charge in [-0.1, -0.05) is 11.3 Å². The molecule has 4 N–H and O–H groups in total. The Bertz CT molecular complexity index is 1110. The molecule has 0 aliphatic carbocycles. The number of carboxylic acids is 1. The number of ether oxygens (including phenoxy) is 1. The first-order chi connectivity index (χ1) is 13.7. The molecule has 0 fully saturated rings. The lowest BCUT2D eigenvalue weighted by Gasteiger charge is -2.13. The Morgan fingerprint density at radius 1 is 1.28 bits per heavy atom. The van der Waals surface area contributed by atoms with Crippen molar-refractivity contribution in [3.63, 3.8) is 0 Å². The van der Waals surface area contributed by atoms with Gasteiger partial charge in [0.1, 0.15) is 5.84 Å². The number of aromatic nitrogens is 1. The third kappa shape index (κ3) is 4.66. The van der Waals surface area contributed by atoms with Gasteiger partial charge in [0.15, 0.2) is 16.7 Å². The highest BCUT2D eigenvalue weighted by Crippen LogP contribution is 2.29. The average molecular weight is 416 g/mol. The first-order valence-corrected chi connectivity index (χ1v) is 9.26. The molecule has 0 bridgehead atoms. The normalized spacial score (nSPS) is 10.7. The summed E-state index contributed by atoms with van der Waals surface area (Å²) in [4.78, 5) is 29.3. The third-order valence-electron chi connectivity index (χ3n) is 4.05. The summed E-state index contributed by atoms with van der Waals surface area (Å²) >= 11 is 1.31. The van der Waals surface area contributed by atoms with Gasteiger partial charge < -0.3 is 20.5 Å². The summed E-state index contributed by atoms with van der Waals surface area (Å²) in [6.45, 7) is 0.305. The van der Waals surface area contributed by atoms with Crippen molar-refractivity contribution in [2.24, 2.45) is 5.73 Å². The Morgan fingerprint density at radius 2 is 2.00 bits per heavy atom. The number of nitrogens with zero attached hydrogens (tertiary/aromatic N) is 2. The number of hydrogen-bond donors (Lipinski definition) is 3. The molecule has 10 heteroatoms. The summed E-state index contributed by atoms with van der Waals surface area (Å²) in [5.74, 6) is -2.99. The van der Waals surface area contributed by atoms with E-state index in [2.05, 4.69) is 4.98 Å². The van der Waals surface area contributed by atoms with Crippen LogP contribution in [-0.2, 0) is 4.79 Å². The van der Waals surface area contributed by atoms with Crippen LogP contribution in [0.15, 0.2) is 36.4 Å². The summed E-state index contributed by atoms with van der Waals surface area (Å²) in [6.07, 6.45) is -0.0159. The molecule has 3 aromatic rings. The van der Waals surface area contributed by atoms with Gasteiger partial charge in [0.05, 0.1) is 22.2 Å². The lowest BCUT2D eigenvalue weighted by molar-refractivity contribution is -0.136. The van der Waals surface area contributed by atoms with Crippen LogP contribution >= 0.6 is 11.3 Å². The number of aliphatic carboxylic acids is 1. The minimum Gasteiger partial charge on any atom is -0.481 e. The molecular weight excluding hydrogens is 399 g/mol. The Kier molecular flexibility index (Phi) is 5.74. The van der Waals surface area contributed by atoms with E-state index in [1.165, 1.54) is 29.5 Å². The topological polar surface area (TPSA) is 130 Å². The van der Waals surface area contributed by atoms with Gasteiger partial charge in [-0.3, -0.25) is 10.2 Å². The molecule has 0 aliphatic rings. The van der Waals surface area contributed by atoms with E-state index in [0.29, 0.717) is 21.9 Å². The minimum atomic E-state index is -0.897. The number of fused-ring (bicyclic) bond motifs is 1. The van der Waals surface area contributed by atoms with Crippen molar-refractivity contribution in [3.8, 4) is 5.75 Å². The molecule has 0 aliphatic heterocycles. The van der Waals surface area contributed by atoms with Crippen LogP contribution in [0.3, 0.4) is 0 Å². The number of rotatable bonds is 7. The predicted molar refractivity (Wildman–Crippen MR) is 108 cm³/mol. The zero-order valence-electron chi connectivity index (χ0n) is 15.3. The fourth-order valence-corrected chi connectivity index (χ4v) is 3.46. The smallest absolute Gasteiger partial charge is 0.343 e. The molecule has 0 unspecified atom stereocenters. The Balaban J connectivity index is 1.78. The Hall–Kier alpha value is -3.53. The fourth-order valence-electron chi connectivity index (χ4n) is 2.47. The summed E-state index contributed by atoms with van der Waals surface area (Å²) in [6, 6.07) is 8.41. The molecule has 0 spiro atoms. The van der Waals surface area contributed by atoms with Gasteiger partial charge >= 0.3 is 11.9 Å². The zero-order chi connectivity index (χ0) is 21.1. The highest BCUT2D eigenvalue weighted by atomic mass is 32.1. The van der Waals surface area contributed by atoms with E-state index in [4.69, 9.17) is 21.0 Å². The fraction of sp³-hybridized carbons (Fsp3) is 0.158. The number of carbonyl (C=O) groups excluding carboxylic acids is 1. The summed E-state index contributed by atoms with van der Waals surface area (Å²) in [5.41, 5.74) is 6.37. The van der Waals surface area contributed by atoms with Crippen molar-refractivity contribution in [2.75, 3.05) is 18.5 Å². The van der Waals surface area contributed by atoms with E-state index in [0.717, 1.165) is 6.07 Å². The zero-order valence-corrected chi connectivity index (χ0v) is 16.1. The van der Waals surface area contributed by atoms with E-state index in [9.17, 15) is 14.0 Å². The van der Waals surface area contributed by atoms with Crippen LogP contribution in [0.2, 0.25) is 0 Å². The number of carbonyl (C=O) groups is 2. The van der Waals surface area contributed by atoms with Crippen molar-refractivity contribution in [1.29, 1.82) is 5.41 Å². The number of nitrogens with two attached hydrogens (primary N) is 1. The molecule has 1 heterocycles. The number of nitrogen functional groups attached to an aromatic ring is 1. The van der Waals surface area contributed by atoms with E-state index >= 15 is 0 Å². The van der Waals surface area contributed by atoms with Crippen LogP contribution in [-0.4, -0.2) is 41.5 Å².